The molecule has 1 aromatic carbocycles. The van der Waals surface area contributed by atoms with Gasteiger partial charge < -0.3 is 4.74 Å². The first kappa shape index (κ1) is 13.1. The maximum Gasteiger partial charge on any atom is 0.420 e. The van der Waals surface area contributed by atoms with Crippen LogP contribution in [0.15, 0.2) is 18.2 Å². The summed E-state index contributed by atoms with van der Waals surface area (Å²) in [7, 11) is 0. The average molecular weight is 257 g/mol. The fourth-order valence-corrected chi connectivity index (χ4v) is 1.10. The van der Waals surface area contributed by atoms with Gasteiger partial charge in [0.05, 0.1) is 4.92 Å². The Morgan fingerprint density at radius 2 is 1.88 bits per heavy atom. The van der Waals surface area contributed by atoms with E-state index in [2.05, 4.69) is 4.74 Å². The van der Waals surface area contributed by atoms with E-state index in [0.717, 1.165) is 6.07 Å². The van der Waals surface area contributed by atoms with Crippen molar-refractivity contribution in [1.29, 1.82) is 0 Å². The third-order valence-electron chi connectivity index (χ3n) is 1.70. The van der Waals surface area contributed by atoms with Gasteiger partial charge in [0.2, 0.25) is 5.75 Å². The van der Waals surface area contributed by atoms with Gasteiger partial charge in [0.1, 0.15) is 5.56 Å². The average Bonchev–Trinajstić information content (AvgIpc) is 2.14. The maximum atomic E-state index is 12.4. The van der Waals surface area contributed by atoms with Crippen LogP contribution in [0.5, 0.6) is 5.75 Å². The molecule has 0 amide bonds. The highest BCUT2D eigenvalue weighted by atomic mass is 19.4. The quantitative estimate of drug-likeness (QED) is 0.474. The molecule has 0 atom stereocenters. The Morgan fingerprint density at radius 3 is 2.29 bits per heavy atom. The standard InChI is InChI=1S/C8H4F5NO3/c9-7(10)17-6-4(8(11,12)13)2-1-3-5(6)14(15)16/h1-3,7H. The van der Waals surface area contributed by atoms with E-state index < -0.39 is 34.7 Å². The zero-order valence-corrected chi connectivity index (χ0v) is 7.87. The lowest BCUT2D eigenvalue weighted by Crippen LogP contribution is -2.13. The first-order valence-electron chi connectivity index (χ1n) is 4.03. The molecule has 0 saturated carbocycles. The summed E-state index contributed by atoms with van der Waals surface area (Å²) < 4.78 is 64.6. The number of para-hydroxylation sites is 1. The van der Waals surface area contributed by atoms with Crippen LogP contribution in [-0.2, 0) is 6.18 Å². The number of nitro benzene ring substituents is 1. The number of hydrogen-bond acceptors (Lipinski definition) is 3. The summed E-state index contributed by atoms with van der Waals surface area (Å²) in [4.78, 5) is 9.17. The molecule has 0 aliphatic carbocycles. The van der Waals surface area contributed by atoms with Gasteiger partial charge in [0.15, 0.2) is 0 Å². The minimum Gasteiger partial charge on any atom is -0.427 e. The second kappa shape index (κ2) is 4.52. The van der Waals surface area contributed by atoms with Gasteiger partial charge in [-0.1, -0.05) is 6.07 Å². The molecule has 0 radical (unpaired) electrons. The second-order valence-electron chi connectivity index (χ2n) is 2.79. The number of alkyl halides is 5. The van der Waals surface area contributed by atoms with E-state index in [1.807, 2.05) is 0 Å². The van der Waals surface area contributed by atoms with Crippen LogP contribution in [0.25, 0.3) is 0 Å². The first-order chi connectivity index (χ1) is 7.73. The maximum absolute atomic E-state index is 12.4. The second-order valence-corrected chi connectivity index (χ2v) is 2.79. The van der Waals surface area contributed by atoms with Crippen LogP contribution in [0.4, 0.5) is 27.6 Å². The van der Waals surface area contributed by atoms with Crippen LogP contribution >= 0.6 is 0 Å². The molecule has 94 valence electrons. The Balaban J connectivity index is 3.40. The molecule has 0 fully saturated rings. The van der Waals surface area contributed by atoms with E-state index in [1.165, 1.54) is 0 Å². The summed E-state index contributed by atoms with van der Waals surface area (Å²) in [6.07, 6.45) is -5.02. The van der Waals surface area contributed by atoms with Gasteiger partial charge in [0, 0.05) is 6.07 Å². The molecule has 0 aliphatic rings. The van der Waals surface area contributed by atoms with Crippen molar-refractivity contribution in [2.45, 2.75) is 12.8 Å². The smallest absolute Gasteiger partial charge is 0.420 e. The van der Waals surface area contributed by atoms with E-state index in [0.29, 0.717) is 12.1 Å². The van der Waals surface area contributed by atoms with E-state index in [-0.39, 0.29) is 0 Å². The molecule has 4 nitrogen and oxygen atoms in total. The van der Waals surface area contributed by atoms with E-state index >= 15 is 0 Å². The molecular formula is C8H4F5NO3. The highest BCUT2D eigenvalue weighted by molar-refractivity contribution is 5.52. The lowest BCUT2D eigenvalue weighted by molar-refractivity contribution is -0.386. The largest absolute Gasteiger partial charge is 0.427 e. The van der Waals surface area contributed by atoms with Crippen LogP contribution < -0.4 is 4.74 Å². The van der Waals surface area contributed by atoms with Gasteiger partial charge in [-0.15, -0.1) is 0 Å². The third-order valence-corrected chi connectivity index (χ3v) is 1.70. The molecule has 17 heavy (non-hydrogen) atoms. The summed E-state index contributed by atoms with van der Waals surface area (Å²) in [6.45, 7) is -3.59. The first-order valence-corrected chi connectivity index (χ1v) is 4.03. The highest BCUT2D eigenvalue weighted by Crippen LogP contribution is 2.41. The lowest BCUT2D eigenvalue weighted by Gasteiger charge is -2.12. The minimum absolute atomic E-state index is 0.421. The molecule has 0 bridgehead atoms. The number of nitro groups is 1. The van der Waals surface area contributed by atoms with Crippen molar-refractivity contribution in [3.63, 3.8) is 0 Å². The zero-order chi connectivity index (χ0) is 13.2. The Morgan fingerprint density at radius 1 is 1.29 bits per heavy atom. The van der Waals surface area contributed by atoms with Crippen LogP contribution in [0, 0.1) is 10.1 Å². The summed E-state index contributed by atoms with van der Waals surface area (Å²) >= 11 is 0. The molecule has 1 aromatic rings. The molecular weight excluding hydrogens is 253 g/mol. The van der Waals surface area contributed by atoms with Gasteiger partial charge in [-0.2, -0.15) is 22.0 Å². The molecule has 0 saturated heterocycles. The summed E-state index contributed by atoms with van der Waals surface area (Å²) in [5.74, 6) is -1.49. The molecule has 0 aromatic heterocycles. The number of benzene rings is 1. The van der Waals surface area contributed by atoms with Gasteiger partial charge in [-0.3, -0.25) is 10.1 Å². The van der Waals surface area contributed by atoms with E-state index in [4.69, 9.17) is 0 Å². The number of ether oxygens (including phenoxy) is 1. The Labute approximate surface area is 90.8 Å². The minimum atomic E-state index is -5.02. The molecule has 0 aliphatic heterocycles. The fourth-order valence-electron chi connectivity index (χ4n) is 1.10. The Kier molecular flexibility index (Phi) is 3.49. The molecule has 9 heteroatoms. The number of hydrogen-bond donors (Lipinski definition) is 0. The summed E-state index contributed by atoms with van der Waals surface area (Å²) in [6, 6.07) is 1.80. The zero-order valence-electron chi connectivity index (χ0n) is 7.87. The fraction of sp³-hybridized carbons (Fsp3) is 0.250. The molecule has 0 unspecified atom stereocenters. The van der Waals surface area contributed by atoms with Crippen molar-refractivity contribution in [2.75, 3.05) is 0 Å². The number of nitrogens with zero attached hydrogens (tertiary/aromatic N) is 1. The van der Waals surface area contributed by atoms with Crippen molar-refractivity contribution < 1.29 is 31.6 Å². The van der Waals surface area contributed by atoms with Crippen LogP contribution in [-0.4, -0.2) is 11.5 Å². The molecule has 0 N–H and O–H groups in total. The van der Waals surface area contributed by atoms with Gasteiger partial charge in [0.25, 0.3) is 0 Å². The van der Waals surface area contributed by atoms with Gasteiger partial charge in [-0.05, 0) is 6.07 Å². The molecule has 0 heterocycles. The summed E-state index contributed by atoms with van der Waals surface area (Å²) in [5, 5.41) is 10.4. The summed E-state index contributed by atoms with van der Waals surface area (Å²) in [5.41, 5.74) is -2.79. The number of halogens is 5. The molecule has 1 rings (SSSR count). The highest BCUT2D eigenvalue weighted by Gasteiger charge is 2.38. The van der Waals surface area contributed by atoms with Crippen molar-refractivity contribution in [1.82, 2.24) is 0 Å². The normalized spacial score (nSPS) is 11.6. The lowest BCUT2D eigenvalue weighted by atomic mass is 10.1. The van der Waals surface area contributed by atoms with E-state index in [9.17, 15) is 32.1 Å². The number of rotatable bonds is 3. The predicted octanol–water partition coefficient (Wildman–Crippen LogP) is 3.22. The van der Waals surface area contributed by atoms with Crippen molar-refractivity contribution in [2.24, 2.45) is 0 Å². The predicted molar refractivity (Wildman–Crippen MR) is 44.7 cm³/mol. The van der Waals surface area contributed by atoms with E-state index in [1.54, 1.807) is 0 Å². The van der Waals surface area contributed by atoms with Crippen molar-refractivity contribution >= 4 is 5.69 Å². The Hall–Kier alpha value is -1.93. The van der Waals surface area contributed by atoms with Crippen molar-refractivity contribution in [3.8, 4) is 5.75 Å². The monoisotopic (exact) mass is 257 g/mol. The third kappa shape index (κ3) is 3.02. The Bertz CT molecular complexity index is 432. The van der Waals surface area contributed by atoms with Crippen LogP contribution in [0.1, 0.15) is 5.56 Å². The topological polar surface area (TPSA) is 52.4 Å². The van der Waals surface area contributed by atoms with Gasteiger partial charge >= 0.3 is 18.5 Å². The van der Waals surface area contributed by atoms with Gasteiger partial charge in [-0.25, -0.2) is 0 Å². The molecule has 0 spiro atoms. The van der Waals surface area contributed by atoms with Crippen LogP contribution in [0.3, 0.4) is 0 Å². The SMILES string of the molecule is O=[N+]([O-])c1cccc(C(F)(F)F)c1OC(F)F. The van der Waals surface area contributed by atoms with Crippen LogP contribution in [0.2, 0.25) is 0 Å². The van der Waals surface area contributed by atoms with Crippen molar-refractivity contribution in [3.05, 3.63) is 33.9 Å².